The van der Waals surface area contributed by atoms with E-state index in [0.29, 0.717) is 0 Å². The lowest BCUT2D eigenvalue weighted by molar-refractivity contribution is -0.139. The molecule has 2 N–H and O–H groups in total. The van der Waals surface area contributed by atoms with Gasteiger partial charge in [0.15, 0.2) is 5.82 Å². The van der Waals surface area contributed by atoms with Gasteiger partial charge >= 0.3 is 5.97 Å². The molecule has 0 aliphatic carbocycles. The third-order valence-electron chi connectivity index (χ3n) is 1.96. The number of aryl methyl sites for hydroxylation is 1. The van der Waals surface area contributed by atoms with Crippen LogP contribution in [0.1, 0.15) is 0 Å². The van der Waals surface area contributed by atoms with Gasteiger partial charge in [0.2, 0.25) is 0 Å². The van der Waals surface area contributed by atoms with Crippen LogP contribution < -0.4 is 10.9 Å². The van der Waals surface area contributed by atoms with Crippen molar-refractivity contribution in [2.45, 2.75) is 6.04 Å². The summed E-state index contributed by atoms with van der Waals surface area (Å²) in [6, 6.07) is -0.993. The molecule has 1 rings (SSSR count). The molecule has 1 aromatic rings. The number of hydrogen-bond donors (Lipinski definition) is 2. The summed E-state index contributed by atoms with van der Waals surface area (Å²) in [6.45, 7) is -0.0466. The number of aliphatic carboxylic acids is 1. The summed E-state index contributed by atoms with van der Waals surface area (Å²) in [5.41, 5.74) is -0.384. The van der Waals surface area contributed by atoms with Gasteiger partial charge in [-0.1, -0.05) is 0 Å². The van der Waals surface area contributed by atoms with Gasteiger partial charge < -0.3 is 19.7 Å². The second-order valence-electron chi connectivity index (χ2n) is 3.18. The quantitative estimate of drug-likeness (QED) is 0.690. The summed E-state index contributed by atoms with van der Waals surface area (Å²) < 4.78 is 6.03. The lowest BCUT2D eigenvalue weighted by Gasteiger charge is -2.13. The number of carboxylic acid groups (broad SMARTS) is 1. The van der Waals surface area contributed by atoms with E-state index in [9.17, 15) is 9.59 Å². The highest BCUT2D eigenvalue weighted by Gasteiger charge is 2.18. The second-order valence-corrected chi connectivity index (χ2v) is 3.18. The van der Waals surface area contributed by atoms with Gasteiger partial charge in [0.1, 0.15) is 6.04 Å². The van der Waals surface area contributed by atoms with Gasteiger partial charge in [-0.25, -0.2) is 9.78 Å². The molecular formula is C9H13N3O4. The van der Waals surface area contributed by atoms with Crippen molar-refractivity contribution in [1.82, 2.24) is 9.55 Å². The molecule has 0 aromatic carbocycles. The van der Waals surface area contributed by atoms with Gasteiger partial charge in [-0.2, -0.15) is 0 Å². The molecule has 0 bridgehead atoms. The van der Waals surface area contributed by atoms with E-state index in [1.807, 2.05) is 0 Å². The highest BCUT2D eigenvalue weighted by molar-refractivity contribution is 5.76. The Kier molecular flexibility index (Phi) is 4.01. The van der Waals surface area contributed by atoms with Crippen molar-refractivity contribution in [3.05, 3.63) is 22.7 Å². The molecule has 1 unspecified atom stereocenters. The molecule has 1 atom stereocenters. The molecule has 0 spiro atoms. The molecule has 1 heterocycles. The first-order valence-electron chi connectivity index (χ1n) is 4.56. The Labute approximate surface area is 91.7 Å². The average Bonchev–Trinajstić information content (AvgIpc) is 2.23. The number of rotatable bonds is 5. The van der Waals surface area contributed by atoms with Crippen LogP contribution in [0, 0.1) is 0 Å². The zero-order valence-corrected chi connectivity index (χ0v) is 9.01. The summed E-state index contributed by atoms with van der Waals surface area (Å²) >= 11 is 0. The van der Waals surface area contributed by atoms with Crippen molar-refractivity contribution < 1.29 is 14.6 Å². The fraction of sp³-hybridized carbons (Fsp3) is 0.444. The van der Waals surface area contributed by atoms with Crippen LogP contribution >= 0.6 is 0 Å². The van der Waals surface area contributed by atoms with E-state index in [0.717, 1.165) is 0 Å². The van der Waals surface area contributed by atoms with Crippen LogP contribution in [0.15, 0.2) is 17.2 Å². The number of carboxylic acids is 1. The largest absolute Gasteiger partial charge is 0.480 e. The van der Waals surface area contributed by atoms with Crippen LogP contribution in [0.4, 0.5) is 5.82 Å². The first kappa shape index (κ1) is 12.2. The first-order chi connectivity index (χ1) is 7.56. The normalized spacial score (nSPS) is 12.1. The van der Waals surface area contributed by atoms with E-state index in [4.69, 9.17) is 9.84 Å². The van der Waals surface area contributed by atoms with Gasteiger partial charge in [0, 0.05) is 26.6 Å². The van der Waals surface area contributed by atoms with Crippen LogP contribution in [0.25, 0.3) is 0 Å². The van der Waals surface area contributed by atoms with E-state index in [2.05, 4.69) is 10.3 Å². The van der Waals surface area contributed by atoms with Crippen LogP contribution in [0.2, 0.25) is 0 Å². The highest BCUT2D eigenvalue weighted by atomic mass is 16.5. The summed E-state index contributed by atoms with van der Waals surface area (Å²) in [6.07, 6.45) is 2.90. The summed E-state index contributed by atoms with van der Waals surface area (Å²) in [7, 11) is 2.94. The number of carbonyl (C=O) groups is 1. The van der Waals surface area contributed by atoms with E-state index < -0.39 is 12.0 Å². The fourth-order valence-electron chi connectivity index (χ4n) is 1.10. The smallest absolute Gasteiger partial charge is 0.328 e. The number of hydrogen-bond acceptors (Lipinski definition) is 5. The molecule has 7 heteroatoms. The minimum absolute atomic E-state index is 0.00514. The molecule has 0 amide bonds. The number of nitrogens with one attached hydrogen (secondary N) is 1. The van der Waals surface area contributed by atoms with Crippen molar-refractivity contribution in [2.75, 3.05) is 19.0 Å². The highest BCUT2D eigenvalue weighted by Crippen LogP contribution is 1.97. The monoisotopic (exact) mass is 227 g/mol. The standard InChI is InChI=1S/C9H13N3O4/c1-12-4-3-10-7(8(12)13)11-6(5-16-2)9(14)15/h3-4,6H,5H2,1-2H3,(H,10,11)(H,14,15). The number of anilines is 1. The molecular weight excluding hydrogens is 214 g/mol. The summed E-state index contributed by atoms with van der Waals surface area (Å²) in [4.78, 5) is 26.1. The van der Waals surface area contributed by atoms with Gasteiger partial charge in [0.05, 0.1) is 6.61 Å². The Morgan fingerprint density at radius 1 is 1.75 bits per heavy atom. The minimum atomic E-state index is -1.10. The fourth-order valence-corrected chi connectivity index (χ4v) is 1.10. The molecule has 16 heavy (non-hydrogen) atoms. The molecule has 0 aliphatic rings. The third-order valence-corrected chi connectivity index (χ3v) is 1.96. The van der Waals surface area contributed by atoms with Crippen LogP contribution in [-0.4, -0.2) is 40.4 Å². The van der Waals surface area contributed by atoms with Gasteiger partial charge in [0.25, 0.3) is 5.56 Å². The first-order valence-corrected chi connectivity index (χ1v) is 4.56. The van der Waals surface area contributed by atoms with Crippen molar-refractivity contribution >= 4 is 11.8 Å². The Hall–Kier alpha value is -1.89. The second kappa shape index (κ2) is 5.26. The Morgan fingerprint density at radius 3 is 3.00 bits per heavy atom. The van der Waals surface area contributed by atoms with Crippen LogP contribution in [-0.2, 0) is 16.6 Å². The Morgan fingerprint density at radius 2 is 2.44 bits per heavy atom. The molecule has 0 aliphatic heterocycles. The van der Waals surface area contributed by atoms with E-state index in [1.54, 1.807) is 7.05 Å². The van der Waals surface area contributed by atoms with Crippen molar-refractivity contribution in [1.29, 1.82) is 0 Å². The van der Waals surface area contributed by atoms with Crippen molar-refractivity contribution in [3.63, 3.8) is 0 Å². The number of ether oxygens (including phenoxy) is 1. The predicted molar refractivity (Wildman–Crippen MR) is 56.4 cm³/mol. The van der Waals surface area contributed by atoms with E-state index in [-0.39, 0.29) is 18.0 Å². The minimum Gasteiger partial charge on any atom is -0.480 e. The zero-order valence-electron chi connectivity index (χ0n) is 9.01. The van der Waals surface area contributed by atoms with E-state index >= 15 is 0 Å². The number of nitrogens with zero attached hydrogens (tertiary/aromatic N) is 2. The number of aromatic nitrogens is 2. The average molecular weight is 227 g/mol. The number of methoxy groups -OCH3 is 1. The lowest BCUT2D eigenvalue weighted by atomic mass is 10.3. The molecule has 0 saturated heterocycles. The van der Waals surface area contributed by atoms with Crippen LogP contribution in [0.3, 0.4) is 0 Å². The summed E-state index contributed by atoms with van der Waals surface area (Å²) in [5, 5.41) is 11.4. The predicted octanol–water partition coefficient (Wildman–Crippen LogP) is -0.708. The maximum Gasteiger partial charge on any atom is 0.328 e. The van der Waals surface area contributed by atoms with Crippen molar-refractivity contribution in [3.8, 4) is 0 Å². The Bertz CT molecular complexity index is 429. The Balaban J connectivity index is 2.89. The molecule has 88 valence electrons. The molecule has 7 nitrogen and oxygen atoms in total. The zero-order chi connectivity index (χ0) is 12.1. The molecule has 0 radical (unpaired) electrons. The summed E-state index contributed by atoms with van der Waals surface area (Å²) in [5.74, 6) is -1.11. The molecule has 0 saturated carbocycles. The SMILES string of the molecule is COCC(Nc1nccn(C)c1=O)C(=O)O. The maximum atomic E-state index is 11.5. The van der Waals surface area contributed by atoms with Gasteiger partial charge in [-0.3, -0.25) is 4.79 Å². The van der Waals surface area contributed by atoms with Crippen molar-refractivity contribution in [2.24, 2.45) is 7.05 Å². The van der Waals surface area contributed by atoms with Crippen LogP contribution in [0.5, 0.6) is 0 Å². The lowest BCUT2D eigenvalue weighted by Crippen LogP contribution is -2.37. The molecule has 1 aromatic heterocycles. The van der Waals surface area contributed by atoms with Gasteiger partial charge in [-0.05, 0) is 0 Å². The van der Waals surface area contributed by atoms with E-state index in [1.165, 1.54) is 24.1 Å². The topological polar surface area (TPSA) is 93.5 Å². The molecule has 0 fully saturated rings. The van der Waals surface area contributed by atoms with Gasteiger partial charge in [-0.15, -0.1) is 0 Å². The third kappa shape index (κ3) is 2.80. The maximum absolute atomic E-state index is 11.5.